The Balaban J connectivity index is 1.51. The molecular formula is C21H23ClFN7O2. The summed E-state index contributed by atoms with van der Waals surface area (Å²) in [6.45, 7) is -0.0198. The van der Waals surface area contributed by atoms with E-state index < -0.39 is 11.8 Å². The van der Waals surface area contributed by atoms with Gasteiger partial charge in [0, 0.05) is 24.8 Å². The van der Waals surface area contributed by atoms with Crippen LogP contribution >= 0.6 is 11.6 Å². The molecule has 168 valence electrons. The Morgan fingerprint density at radius 1 is 1.25 bits per heavy atom. The second-order valence-corrected chi connectivity index (χ2v) is 8.18. The van der Waals surface area contributed by atoms with E-state index in [1.807, 2.05) is 11.9 Å². The molecule has 0 spiro atoms. The lowest BCUT2D eigenvalue weighted by atomic mass is 9.90. The van der Waals surface area contributed by atoms with Gasteiger partial charge in [0.05, 0.1) is 17.8 Å². The van der Waals surface area contributed by atoms with Gasteiger partial charge >= 0.3 is 5.97 Å². The first kappa shape index (κ1) is 22.1. The summed E-state index contributed by atoms with van der Waals surface area (Å²) in [7, 11) is 1.95. The summed E-state index contributed by atoms with van der Waals surface area (Å²) in [6, 6.07) is 4.78. The van der Waals surface area contributed by atoms with Gasteiger partial charge in [0.2, 0.25) is 5.95 Å². The number of nitrogens with zero attached hydrogens (tertiary/aromatic N) is 5. The number of carbonyl (C=O) groups is 1. The average Bonchev–Trinajstić information content (AvgIpc) is 2.80. The number of benzene rings is 1. The van der Waals surface area contributed by atoms with E-state index in [0.717, 1.165) is 25.7 Å². The molecule has 0 atom stereocenters. The van der Waals surface area contributed by atoms with Gasteiger partial charge in [-0.2, -0.15) is 0 Å². The Morgan fingerprint density at radius 3 is 2.75 bits per heavy atom. The number of carboxylic acids is 1. The van der Waals surface area contributed by atoms with Crippen molar-refractivity contribution in [1.82, 2.24) is 25.3 Å². The smallest absolute Gasteiger partial charge is 0.317 e. The van der Waals surface area contributed by atoms with Gasteiger partial charge in [0.1, 0.15) is 23.2 Å². The molecule has 0 saturated heterocycles. The summed E-state index contributed by atoms with van der Waals surface area (Å²) in [5, 5.41) is 15.0. The molecule has 9 nitrogen and oxygen atoms in total. The van der Waals surface area contributed by atoms with Gasteiger partial charge in [0.15, 0.2) is 5.82 Å². The highest BCUT2D eigenvalue weighted by atomic mass is 35.5. The van der Waals surface area contributed by atoms with E-state index in [4.69, 9.17) is 21.7 Å². The topological polar surface area (TPSA) is 116 Å². The van der Waals surface area contributed by atoms with Crippen molar-refractivity contribution in [2.45, 2.75) is 37.8 Å². The van der Waals surface area contributed by atoms with Gasteiger partial charge in [-0.25, -0.2) is 24.3 Å². The van der Waals surface area contributed by atoms with Crippen molar-refractivity contribution in [3.8, 4) is 0 Å². The quantitative estimate of drug-likeness (QED) is 0.488. The summed E-state index contributed by atoms with van der Waals surface area (Å²) in [6.07, 6.45) is 6.64. The maximum atomic E-state index is 13.5. The van der Waals surface area contributed by atoms with Crippen LogP contribution in [0.25, 0.3) is 11.0 Å². The largest absolute Gasteiger partial charge is 0.480 e. The van der Waals surface area contributed by atoms with E-state index in [2.05, 4.69) is 25.6 Å². The molecule has 32 heavy (non-hydrogen) atoms. The normalized spacial score (nSPS) is 18.5. The molecule has 2 heterocycles. The molecule has 3 aromatic rings. The first-order chi connectivity index (χ1) is 15.4. The van der Waals surface area contributed by atoms with Crippen LogP contribution in [0.3, 0.4) is 0 Å². The zero-order valence-corrected chi connectivity index (χ0v) is 18.2. The summed E-state index contributed by atoms with van der Waals surface area (Å²) in [5.41, 5.74) is 1.70. The summed E-state index contributed by atoms with van der Waals surface area (Å²) in [4.78, 5) is 30.5. The second-order valence-electron chi connectivity index (χ2n) is 7.77. The van der Waals surface area contributed by atoms with E-state index in [-0.39, 0.29) is 23.7 Å². The third-order valence-electron chi connectivity index (χ3n) is 5.65. The Kier molecular flexibility index (Phi) is 6.61. The van der Waals surface area contributed by atoms with Crippen molar-refractivity contribution in [3.05, 3.63) is 41.6 Å². The van der Waals surface area contributed by atoms with Crippen LogP contribution in [-0.2, 0) is 4.79 Å². The van der Waals surface area contributed by atoms with Crippen molar-refractivity contribution in [2.75, 3.05) is 23.8 Å². The molecule has 0 unspecified atom stereocenters. The number of anilines is 3. The predicted octanol–water partition coefficient (Wildman–Crippen LogP) is 3.38. The molecule has 1 fully saturated rings. The molecule has 1 aromatic carbocycles. The maximum absolute atomic E-state index is 13.5. The molecule has 0 amide bonds. The standard InChI is InChI=1S/C21H23ClFN7O2/c1-30(14-5-2-12(3-6-14)24-10-18(31)32)21-25-9-17-19(29-21)20(27-11-26-17)28-13-4-7-16(23)15(22)8-13/h4,7-9,11-12,14,24H,2-3,5-6,10H2,1H3,(H,31,32)(H,26,27,28). The number of hydrogen-bond donors (Lipinski definition) is 3. The highest BCUT2D eigenvalue weighted by Gasteiger charge is 2.26. The monoisotopic (exact) mass is 459 g/mol. The Morgan fingerprint density at radius 2 is 2.03 bits per heavy atom. The number of hydrogen-bond acceptors (Lipinski definition) is 8. The fourth-order valence-corrected chi connectivity index (χ4v) is 4.06. The lowest BCUT2D eigenvalue weighted by Gasteiger charge is -2.34. The fraction of sp³-hybridized carbons (Fsp3) is 0.381. The van der Waals surface area contributed by atoms with Crippen LogP contribution in [0, 0.1) is 5.82 Å². The van der Waals surface area contributed by atoms with Crippen LogP contribution in [-0.4, -0.2) is 56.7 Å². The van der Waals surface area contributed by atoms with E-state index in [9.17, 15) is 9.18 Å². The van der Waals surface area contributed by atoms with Gasteiger partial charge < -0.3 is 20.6 Å². The summed E-state index contributed by atoms with van der Waals surface area (Å²) < 4.78 is 13.5. The maximum Gasteiger partial charge on any atom is 0.317 e. The summed E-state index contributed by atoms with van der Waals surface area (Å²) >= 11 is 5.88. The molecule has 2 aromatic heterocycles. The first-order valence-electron chi connectivity index (χ1n) is 10.3. The minimum Gasteiger partial charge on any atom is -0.480 e. The predicted molar refractivity (Wildman–Crippen MR) is 120 cm³/mol. The first-order valence-corrected chi connectivity index (χ1v) is 10.7. The molecular weight excluding hydrogens is 437 g/mol. The molecule has 1 aliphatic rings. The van der Waals surface area contributed by atoms with Crippen molar-refractivity contribution < 1.29 is 14.3 Å². The van der Waals surface area contributed by atoms with Crippen LogP contribution in [0.15, 0.2) is 30.7 Å². The van der Waals surface area contributed by atoms with Crippen molar-refractivity contribution in [2.24, 2.45) is 0 Å². The molecule has 11 heteroatoms. The number of aromatic nitrogens is 4. The van der Waals surface area contributed by atoms with Crippen LogP contribution in [0.4, 0.5) is 21.8 Å². The summed E-state index contributed by atoms with van der Waals surface area (Å²) in [5.74, 6) is -0.321. The molecule has 0 radical (unpaired) electrons. The Hall–Kier alpha value is -3.11. The van der Waals surface area contributed by atoms with Crippen LogP contribution in [0.1, 0.15) is 25.7 Å². The molecule has 1 aliphatic carbocycles. The van der Waals surface area contributed by atoms with Gasteiger partial charge in [-0.1, -0.05) is 11.6 Å². The van der Waals surface area contributed by atoms with Crippen LogP contribution < -0.4 is 15.5 Å². The Bertz CT molecular complexity index is 1120. The minimum absolute atomic E-state index is 0.0110. The number of rotatable bonds is 7. The van der Waals surface area contributed by atoms with E-state index in [1.165, 1.54) is 18.5 Å². The number of carboxylic acid groups (broad SMARTS) is 1. The molecule has 0 bridgehead atoms. The van der Waals surface area contributed by atoms with Crippen molar-refractivity contribution in [3.63, 3.8) is 0 Å². The SMILES string of the molecule is CN(c1ncc2ncnc(Nc3ccc(F)c(Cl)c3)c2n1)C1CCC(NCC(=O)O)CC1. The van der Waals surface area contributed by atoms with Crippen LogP contribution in [0.5, 0.6) is 0 Å². The zero-order valence-electron chi connectivity index (χ0n) is 17.4. The zero-order chi connectivity index (χ0) is 22.7. The van der Waals surface area contributed by atoms with E-state index >= 15 is 0 Å². The second kappa shape index (κ2) is 9.58. The number of fused-ring (bicyclic) bond motifs is 1. The average molecular weight is 460 g/mol. The third kappa shape index (κ3) is 5.03. The number of aliphatic carboxylic acids is 1. The van der Waals surface area contributed by atoms with Crippen LogP contribution in [0.2, 0.25) is 5.02 Å². The number of halogens is 2. The highest BCUT2D eigenvalue weighted by Crippen LogP contribution is 2.28. The lowest BCUT2D eigenvalue weighted by Crippen LogP contribution is -2.42. The van der Waals surface area contributed by atoms with E-state index in [1.54, 1.807) is 12.3 Å². The van der Waals surface area contributed by atoms with Gasteiger partial charge in [-0.05, 0) is 43.9 Å². The number of nitrogens with one attached hydrogen (secondary N) is 2. The third-order valence-corrected chi connectivity index (χ3v) is 5.94. The molecule has 4 rings (SSSR count). The molecule has 1 saturated carbocycles. The van der Waals surface area contributed by atoms with E-state index in [0.29, 0.717) is 28.5 Å². The van der Waals surface area contributed by atoms with Crippen molar-refractivity contribution >= 4 is 46.1 Å². The van der Waals surface area contributed by atoms with Crippen molar-refractivity contribution in [1.29, 1.82) is 0 Å². The minimum atomic E-state index is -0.844. The highest BCUT2D eigenvalue weighted by molar-refractivity contribution is 6.31. The lowest BCUT2D eigenvalue weighted by molar-refractivity contribution is -0.136. The fourth-order valence-electron chi connectivity index (χ4n) is 3.88. The molecule has 0 aliphatic heterocycles. The van der Waals surface area contributed by atoms with Gasteiger partial charge in [-0.15, -0.1) is 0 Å². The molecule has 3 N–H and O–H groups in total. The Labute approximate surface area is 189 Å². The van der Waals surface area contributed by atoms with Gasteiger partial charge in [0.25, 0.3) is 0 Å². The van der Waals surface area contributed by atoms with Gasteiger partial charge in [-0.3, -0.25) is 4.79 Å².